The van der Waals surface area contributed by atoms with Gasteiger partial charge in [0.15, 0.2) is 0 Å². The number of benzene rings is 1. The normalized spacial score (nSPS) is 12.1. The van der Waals surface area contributed by atoms with Gasteiger partial charge >= 0.3 is 0 Å². The van der Waals surface area contributed by atoms with E-state index in [0.29, 0.717) is 6.54 Å². The van der Waals surface area contributed by atoms with Gasteiger partial charge in [-0.1, -0.05) is 50.1 Å². The first-order chi connectivity index (χ1) is 11.6. The van der Waals surface area contributed by atoms with Crippen molar-refractivity contribution >= 4 is 17.5 Å². The smallest absolute Gasteiger partial charge is 0.240 e. The van der Waals surface area contributed by atoms with Crippen LogP contribution >= 0.6 is 11.6 Å². The third kappa shape index (κ3) is 5.41. The Bertz CT molecular complexity index is 622. The lowest BCUT2D eigenvalue weighted by Crippen LogP contribution is -2.36. The highest BCUT2D eigenvalue weighted by molar-refractivity contribution is 6.30. The molecule has 0 aliphatic carbocycles. The van der Waals surface area contributed by atoms with Gasteiger partial charge in [-0.25, -0.2) is 0 Å². The van der Waals surface area contributed by atoms with E-state index >= 15 is 0 Å². The van der Waals surface area contributed by atoms with E-state index in [-0.39, 0.29) is 5.91 Å². The van der Waals surface area contributed by atoms with Gasteiger partial charge in [0, 0.05) is 25.0 Å². The fourth-order valence-electron chi connectivity index (χ4n) is 2.79. The van der Waals surface area contributed by atoms with Gasteiger partial charge in [-0.3, -0.25) is 4.79 Å². The molecule has 1 atom stereocenters. The maximum absolute atomic E-state index is 12.4. The first kappa shape index (κ1) is 18.6. The van der Waals surface area contributed by atoms with Gasteiger partial charge in [0.05, 0.1) is 6.54 Å². The van der Waals surface area contributed by atoms with E-state index < -0.39 is 5.38 Å². The lowest BCUT2D eigenvalue weighted by atomic mass is 10.2. The number of unbranched alkanes of at least 4 members (excludes halogenated alkanes) is 2. The SMILES string of the molecule is CCCCCN(Cc1cccn1Cc1ccccc1)C(=O)[C@H](C)Cl. The van der Waals surface area contributed by atoms with Crippen LogP contribution in [0.4, 0.5) is 0 Å². The fourth-order valence-corrected chi connectivity index (χ4v) is 2.93. The van der Waals surface area contributed by atoms with Crippen molar-refractivity contribution in [2.75, 3.05) is 6.54 Å². The van der Waals surface area contributed by atoms with E-state index in [4.69, 9.17) is 11.6 Å². The average molecular weight is 347 g/mol. The monoisotopic (exact) mass is 346 g/mol. The number of rotatable bonds is 9. The topological polar surface area (TPSA) is 25.2 Å². The zero-order valence-electron chi connectivity index (χ0n) is 14.6. The zero-order chi connectivity index (χ0) is 17.4. The van der Waals surface area contributed by atoms with Gasteiger partial charge in [-0.15, -0.1) is 11.6 Å². The number of nitrogens with zero attached hydrogens (tertiary/aromatic N) is 2. The molecule has 130 valence electrons. The maximum Gasteiger partial charge on any atom is 0.240 e. The van der Waals surface area contributed by atoms with Gasteiger partial charge < -0.3 is 9.47 Å². The van der Waals surface area contributed by atoms with Crippen LogP contribution in [-0.2, 0) is 17.9 Å². The van der Waals surface area contributed by atoms with Crippen LogP contribution in [0.25, 0.3) is 0 Å². The number of hydrogen-bond acceptors (Lipinski definition) is 1. The van der Waals surface area contributed by atoms with Crippen molar-refractivity contribution in [1.29, 1.82) is 0 Å². The lowest BCUT2D eigenvalue weighted by molar-refractivity contribution is -0.131. The molecule has 1 heterocycles. The molecule has 0 N–H and O–H groups in total. The molecule has 2 rings (SSSR count). The molecule has 0 fully saturated rings. The minimum atomic E-state index is -0.482. The Hall–Kier alpha value is -1.74. The van der Waals surface area contributed by atoms with E-state index in [1.54, 1.807) is 6.92 Å². The number of alkyl halides is 1. The molecule has 3 nitrogen and oxygen atoms in total. The second-order valence-corrected chi connectivity index (χ2v) is 6.85. The number of hydrogen-bond donors (Lipinski definition) is 0. The third-order valence-electron chi connectivity index (χ3n) is 4.16. The van der Waals surface area contributed by atoms with Crippen LogP contribution in [0.5, 0.6) is 0 Å². The molecule has 4 heteroatoms. The highest BCUT2D eigenvalue weighted by Gasteiger charge is 2.19. The summed E-state index contributed by atoms with van der Waals surface area (Å²) in [5, 5.41) is -0.482. The molecule has 0 spiro atoms. The number of aromatic nitrogens is 1. The Morgan fingerprint density at radius 3 is 2.58 bits per heavy atom. The Kier molecular flexibility index (Phi) is 7.38. The minimum absolute atomic E-state index is 0.0141. The Balaban J connectivity index is 2.08. The summed E-state index contributed by atoms with van der Waals surface area (Å²) < 4.78 is 2.20. The molecule has 0 unspecified atom stereocenters. The molecule has 0 saturated carbocycles. The van der Waals surface area contributed by atoms with Gasteiger partial charge in [0.1, 0.15) is 5.38 Å². The number of halogens is 1. The Morgan fingerprint density at radius 1 is 1.17 bits per heavy atom. The van der Waals surface area contributed by atoms with E-state index in [9.17, 15) is 4.79 Å². The van der Waals surface area contributed by atoms with E-state index in [2.05, 4.69) is 35.9 Å². The Morgan fingerprint density at radius 2 is 1.92 bits per heavy atom. The number of carbonyl (C=O) groups is 1. The van der Waals surface area contributed by atoms with Crippen LogP contribution in [0.1, 0.15) is 44.4 Å². The summed E-state index contributed by atoms with van der Waals surface area (Å²) in [6.07, 6.45) is 5.36. The van der Waals surface area contributed by atoms with E-state index in [1.165, 1.54) is 5.56 Å². The molecule has 0 aliphatic rings. The summed E-state index contributed by atoms with van der Waals surface area (Å²) in [4.78, 5) is 14.3. The van der Waals surface area contributed by atoms with Crippen molar-refractivity contribution in [2.24, 2.45) is 0 Å². The minimum Gasteiger partial charge on any atom is -0.345 e. The molecule has 0 saturated heterocycles. The van der Waals surface area contributed by atoms with Gasteiger partial charge in [-0.05, 0) is 31.0 Å². The predicted molar refractivity (Wildman–Crippen MR) is 100 cm³/mol. The summed E-state index contributed by atoms with van der Waals surface area (Å²) in [6, 6.07) is 14.5. The number of carbonyl (C=O) groups excluding carboxylic acids is 1. The van der Waals surface area contributed by atoms with Crippen LogP contribution in [0.3, 0.4) is 0 Å². The molecular formula is C20H27ClN2O. The van der Waals surface area contributed by atoms with Crippen LogP contribution in [0, 0.1) is 0 Å². The largest absolute Gasteiger partial charge is 0.345 e. The third-order valence-corrected chi connectivity index (χ3v) is 4.34. The standard InChI is InChI=1S/C20H27ClN2O/c1-3-4-8-13-23(20(24)17(2)21)16-19-12-9-14-22(19)15-18-10-6-5-7-11-18/h5-7,9-12,14,17H,3-4,8,13,15-16H2,1-2H3/t17-/m0/s1. The second-order valence-electron chi connectivity index (χ2n) is 6.20. The zero-order valence-corrected chi connectivity index (χ0v) is 15.4. The predicted octanol–water partition coefficient (Wildman–Crippen LogP) is 4.68. The fraction of sp³-hybridized carbons (Fsp3) is 0.450. The summed E-state index contributed by atoms with van der Waals surface area (Å²) in [5.41, 5.74) is 2.39. The van der Waals surface area contributed by atoms with Crippen molar-refractivity contribution < 1.29 is 4.79 Å². The average Bonchev–Trinajstić information content (AvgIpc) is 3.01. The molecule has 24 heavy (non-hydrogen) atoms. The van der Waals surface area contributed by atoms with Crippen molar-refractivity contribution in [3.8, 4) is 0 Å². The second kappa shape index (κ2) is 9.53. The van der Waals surface area contributed by atoms with E-state index in [0.717, 1.165) is 38.0 Å². The summed E-state index contributed by atoms with van der Waals surface area (Å²) in [7, 11) is 0. The van der Waals surface area contributed by atoms with Gasteiger partial charge in [-0.2, -0.15) is 0 Å². The molecule has 1 amide bonds. The summed E-state index contributed by atoms with van der Waals surface area (Å²) in [5.74, 6) is 0.0141. The molecule has 1 aromatic carbocycles. The van der Waals surface area contributed by atoms with Crippen LogP contribution in [-0.4, -0.2) is 27.3 Å². The Labute approximate surface area is 150 Å². The first-order valence-electron chi connectivity index (χ1n) is 8.72. The molecule has 1 aromatic heterocycles. The molecule has 0 aliphatic heterocycles. The van der Waals surface area contributed by atoms with Crippen molar-refractivity contribution in [1.82, 2.24) is 9.47 Å². The molecule has 2 aromatic rings. The van der Waals surface area contributed by atoms with Crippen molar-refractivity contribution in [2.45, 2.75) is 51.6 Å². The van der Waals surface area contributed by atoms with Gasteiger partial charge in [0.2, 0.25) is 5.91 Å². The maximum atomic E-state index is 12.4. The van der Waals surface area contributed by atoms with Crippen molar-refractivity contribution in [3.05, 3.63) is 59.9 Å². The van der Waals surface area contributed by atoms with Crippen LogP contribution in [0.2, 0.25) is 0 Å². The number of amides is 1. The highest BCUT2D eigenvalue weighted by atomic mass is 35.5. The van der Waals surface area contributed by atoms with Crippen LogP contribution < -0.4 is 0 Å². The summed E-state index contributed by atoms with van der Waals surface area (Å²) >= 11 is 6.05. The quantitative estimate of drug-likeness (QED) is 0.478. The first-order valence-corrected chi connectivity index (χ1v) is 9.16. The molecule has 0 radical (unpaired) electrons. The van der Waals surface area contributed by atoms with Gasteiger partial charge in [0.25, 0.3) is 0 Å². The highest BCUT2D eigenvalue weighted by Crippen LogP contribution is 2.14. The van der Waals surface area contributed by atoms with Crippen molar-refractivity contribution in [3.63, 3.8) is 0 Å². The van der Waals surface area contributed by atoms with E-state index in [1.807, 2.05) is 29.2 Å². The molecule has 0 bridgehead atoms. The van der Waals surface area contributed by atoms with Crippen LogP contribution in [0.15, 0.2) is 48.7 Å². The lowest BCUT2D eigenvalue weighted by Gasteiger charge is -2.25. The summed E-state index contributed by atoms with van der Waals surface area (Å²) in [6.45, 7) is 6.11. The molecular weight excluding hydrogens is 320 g/mol.